The van der Waals surface area contributed by atoms with Crippen molar-refractivity contribution in [1.82, 2.24) is 10.6 Å². The molecule has 0 aromatic heterocycles. The van der Waals surface area contributed by atoms with Crippen molar-refractivity contribution in [2.45, 2.75) is 46.5 Å². The molecule has 3 unspecified atom stereocenters. The van der Waals surface area contributed by atoms with Crippen molar-refractivity contribution >= 4 is 17.6 Å². The van der Waals surface area contributed by atoms with Gasteiger partial charge in [0.15, 0.2) is 0 Å². The average molecular weight is 448 g/mol. The number of amides is 2. The number of carbonyl (C=O) groups excluding carboxylic acids is 1. The third kappa shape index (κ3) is 5.84. The van der Waals surface area contributed by atoms with Crippen molar-refractivity contribution in [2.24, 2.45) is 17.3 Å². The van der Waals surface area contributed by atoms with E-state index in [1.54, 1.807) is 6.08 Å². The number of urea groups is 1. The Hall–Kier alpha value is -2.95. The molecule has 2 amide bonds. The highest BCUT2D eigenvalue weighted by Gasteiger charge is 2.32. The number of carbonyl (C=O) groups is 1. The van der Waals surface area contributed by atoms with Gasteiger partial charge in [-0.15, -0.1) is 0 Å². The highest BCUT2D eigenvalue weighted by molar-refractivity contribution is 6.29. The highest BCUT2D eigenvalue weighted by atomic mass is 35.5. The molecule has 32 heavy (non-hydrogen) atoms. The molecule has 0 spiro atoms. The molecule has 2 N–H and O–H groups in total. The van der Waals surface area contributed by atoms with Crippen LogP contribution in [0.25, 0.3) is 0 Å². The number of hydrogen-bond donors (Lipinski definition) is 2. The molecule has 0 fully saturated rings. The van der Waals surface area contributed by atoms with Gasteiger partial charge in [-0.2, -0.15) is 5.26 Å². The van der Waals surface area contributed by atoms with Crippen LogP contribution in [0.1, 0.15) is 46.5 Å². The van der Waals surface area contributed by atoms with E-state index >= 15 is 0 Å². The lowest BCUT2D eigenvalue weighted by molar-refractivity contribution is 0.221. The van der Waals surface area contributed by atoms with Gasteiger partial charge < -0.3 is 10.6 Å². The third-order valence-electron chi connectivity index (χ3n) is 6.48. The van der Waals surface area contributed by atoms with Gasteiger partial charge >= 0.3 is 6.03 Å². The maximum atomic E-state index is 12.5. The molecule has 166 valence electrons. The van der Waals surface area contributed by atoms with E-state index in [4.69, 9.17) is 16.9 Å². The van der Waals surface area contributed by atoms with Crippen LogP contribution in [-0.2, 0) is 0 Å². The molecule has 3 aliphatic carbocycles. The molecule has 0 aromatic carbocycles. The molecular formula is C27H30ClN3O. The average Bonchev–Trinajstić information content (AvgIpc) is 2.79. The van der Waals surface area contributed by atoms with Gasteiger partial charge in [0, 0.05) is 28.9 Å². The largest absolute Gasteiger partial charge is 0.338 e. The van der Waals surface area contributed by atoms with Crippen LogP contribution in [0.5, 0.6) is 0 Å². The summed E-state index contributed by atoms with van der Waals surface area (Å²) >= 11 is 6.23. The summed E-state index contributed by atoms with van der Waals surface area (Å²) in [5.74, 6) is 0.647. The Morgan fingerprint density at radius 1 is 1.41 bits per heavy atom. The van der Waals surface area contributed by atoms with Gasteiger partial charge in [-0.3, -0.25) is 0 Å². The number of hydrogen-bond acceptors (Lipinski definition) is 2. The van der Waals surface area contributed by atoms with Gasteiger partial charge in [-0.25, -0.2) is 4.79 Å². The van der Waals surface area contributed by atoms with Crippen LogP contribution in [0.3, 0.4) is 0 Å². The van der Waals surface area contributed by atoms with Gasteiger partial charge in [0.25, 0.3) is 0 Å². The van der Waals surface area contributed by atoms with Crippen LogP contribution in [0, 0.1) is 28.6 Å². The summed E-state index contributed by atoms with van der Waals surface area (Å²) < 4.78 is 0. The third-order valence-corrected chi connectivity index (χ3v) is 6.74. The van der Waals surface area contributed by atoms with Crippen LogP contribution in [0.15, 0.2) is 81.4 Å². The van der Waals surface area contributed by atoms with E-state index in [0.29, 0.717) is 18.0 Å². The summed E-state index contributed by atoms with van der Waals surface area (Å²) in [6.45, 7) is 7.08. The standard InChI is InChI=1S/C27H30ClN3O/c1-4-19-14-24(28)16-25(15-19)31-26(32)30-18-23(5-2)27(3)11-9-21(10-12-27)22-8-6-7-20(13-22)17-29/h7,9-11,13,15-16,19,23H,4-5,12,14,18H2,1-3H3,(H2,30,31,32). The number of nitriles is 1. The summed E-state index contributed by atoms with van der Waals surface area (Å²) in [6, 6.07) is 1.95. The first-order valence-corrected chi connectivity index (χ1v) is 11.6. The minimum Gasteiger partial charge on any atom is -0.338 e. The van der Waals surface area contributed by atoms with Gasteiger partial charge in [-0.1, -0.05) is 74.6 Å². The van der Waals surface area contributed by atoms with Crippen molar-refractivity contribution in [1.29, 1.82) is 5.26 Å². The molecule has 3 aliphatic rings. The summed E-state index contributed by atoms with van der Waals surface area (Å²) in [5.41, 5.74) is 9.22. The molecule has 0 aromatic rings. The lowest BCUT2D eigenvalue weighted by Gasteiger charge is -2.36. The van der Waals surface area contributed by atoms with E-state index in [1.807, 2.05) is 12.2 Å². The van der Waals surface area contributed by atoms with E-state index in [2.05, 4.69) is 73.2 Å². The first-order chi connectivity index (χ1) is 15.4. The second-order valence-corrected chi connectivity index (χ2v) is 9.25. The Bertz CT molecular complexity index is 1070. The summed E-state index contributed by atoms with van der Waals surface area (Å²) in [5, 5.41) is 15.9. The topological polar surface area (TPSA) is 64.9 Å². The number of rotatable bonds is 7. The van der Waals surface area contributed by atoms with Gasteiger partial charge in [0.2, 0.25) is 0 Å². The summed E-state index contributed by atoms with van der Waals surface area (Å²) in [6.07, 6.45) is 17.5. The molecule has 3 atom stereocenters. The fraction of sp³-hybridized carbons (Fsp3) is 0.407. The van der Waals surface area contributed by atoms with Crippen LogP contribution in [-0.4, -0.2) is 12.6 Å². The first-order valence-electron chi connectivity index (χ1n) is 11.2. The molecule has 0 aliphatic heterocycles. The fourth-order valence-corrected chi connectivity index (χ4v) is 4.62. The SMILES string of the molecule is CCC1C=C(NC(=O)NCC(CC)C2(C)C=CC(C3=C=C=CC(C#N)=C3)=CC2)C=C(Cl)C1. The van der Waals surface area contributed by atoms with E-state index in [9.17, 15) is 4.79 Å². The predicted octanol–water partition coefficient (Wildman–Crippen LogP) is 6.34. The smallest absolute Gasteiger partial charge is 0.319 e. The molecule has 0 radical (unpaired) electrons. The van der Waals surface area contributed by atoms with Gasteiger partial charge in [-0.05, 0) is 54.2 Å². The van der Waals surface area contributed by atoms with Crippen molar-refractivity contribution < 1.29 is 4.79 Å². The van der Waals surface area contributed by atoms with Crippen LogP contribution < -0.4 is 10.6 Å². The van der Waals surface area contributed by atoms with Crippen LogP contribution in [0.4, 0.5) is 4.79 Å². The zero-order valence-corrected chi connectivity index (χ0v) is 19.7. The van der Waals surface area contributed by atoms with Crippen LogP contribution in [0.2, 0.25) is 0 Å². The summed E-state index contributed by atoms with van der Waals surface area (Å²) in [4.78, 5) is 12.5. The number of nitrogens with zero attached hydrogens (tertiary/aromatic N) is 1. The molecular weight excluding hydrogens is 418 g/mol. The summed E-state index contributed by atoms with van der Waals surface area (Å²) in [7, 11) is 0. The molecule has 0 bridgehead atoms. The lowest BCUT2D eigenvalue weighted by atomic mass is 9.70. The second kappa shape index (κ2) is 10.6. The molecule has 4 nitrogen and oxygen atoms in total. The molecule has 0 heterocycles. The van der Waals surface area contributed by atoms with Crippen molar-refractivity contribution in [3.8, 4) is 6.07 Å². The maximum absolute atomic E-state index is 12.5. The predicted molar refractivity (Wildman–Crippen MR) is 129 cm³/mol. The highest BCUT2D eigenvalue weighted by Crippen LogP contribution is 2.40. The molecule has 5 heteroatoms. The maximum Gasteiger partial charge on any atom is 0.319 e. The normalized spacial score (nSPS) is 25.0. The van der Waals surface area contributed by atoms with Gasteiger partial charge in [0.05, 0.1) is 11.6 Å². The minimum absolute atomic E-state index is 0.0668. The Balaban J connectivity index is 1.59. The molecule has 3 rings (SSSR count). The Labute approximate surface area is 196 Å². The van der Waals surface area contributed by atoms with E-state index < -0.39 is 0 Å². The number of nitrogens with one attached hydrogen (secondary N) is 2. The molecule has 0 saturated heterocycles. The number of halogens is 1. The number of allylic oxidation sites excluding steroid dienone is 11. The lowest BCUT2D eigenvalue weighted by Crippen LogP contribution is -2.41. The molecule has 0 saturated carbocycles. The second-order valence-electron chi connectivity index (χ2n) is 8.77. The van der Waals surface area contributed by atoms with Crippen molar-refractivity contribution in [3.05, 3.63) is 81.4 Å². The van der Waals surface area contributed by atoms with Crippen molar-refractivity contribution in [3.63, 3.8) is 0 Å². The Morgan fingerprint density at radius 3 is 2.88 bits per heavy atom. The monoisotopic (exact) mass is 447 g/mol. The van der Waals surface area contributed by atoms with Crippen LogP contribution >= 0.6 is 11.6 Å². The quantitative estimate of drug-likeness (QED) is 0.447. The van der Waals surface area contributed by atoms with E-state index in [0.717, 1.165) is 47.6 Å². The van der Waals surface area contributed by atoms with Gasteiger partial charge in [0.1, 0.15) is 0 Å². The van der Waals surface area contributed by atoms with E-state index in [1.165, 1.54) is 0 Å². The Kier molecular flexibility index (Phi) is 7.84. The van der Waals surface area contributed by atoms with E-state index in [-0.39, 0.29) is 17.4 Å². The zero-order chi connectivity index (χ0) is 23.1. The van der Waals surface area contributed by atoms with Crippen molar-refractivity contribution in [2.75, 3.05) is 6.54 Å². The first kappa shape index (κ1) is 23.7. The Morgan fingerprint density at radius 2 is 2.22 bits per heavy atom. The zero-order valence-electron chi connectivity index (χ0n) is 19.0. The minimum atomic E-state index is -0.203. The fourth-order valence-electron chi connectivity index (χ4n) is 4.31.